The fourth-order valence-corrected chi connectivity index (χ4v) is 3.24. The van der Waals surface area contributed by atoms with Gasteiger partial charge in [0, 0.05) is 51.1 Å². The SMILES string of the molecule is CN=C(NCc1ccc(N2CCCC2)nc1)NCc1ccc(OC)cc1OC.I. The van der Waals surface area contributed by atoms with Crippen LogP contribution in [0.4, 0.5) is 5.82 Å². The molecule has 1 aliphatic rings. The van der Waals surface area contributed by atoms with Crippen molar-refractivity contribution >= 4 is 35.8 Å². The molecule has 0 atom stereocenters. The van der Waals surface area contributed by atoms with E-state index in [0.29, 0.717) is 13.1 Å². The van der Waals surface area contributed by atoms with Crippen LogP contribution in [-0.4, -0.2) is 45.3 Å². The van der Waals surface area contributed by atoms with Gasteiger partial charge in [0.15, 0.2) is 5.96 Å². The van der Waals surface area contributed by atoms with E-state index in [4.69, 9.17) is 9.47 Å². The predicted octanol–water partition coefficient (Wildman–Crippen LogP) is 3.18. The maximum Gasteiger partial charge on any atom is 0.191 e. The number of rotatable bonds is 7. The number of aliphatic imine (C=N–C) groups is 1. The van der Waals surface area contributed by atoms with Gasteiger partial charge in [-0.1, -0.05) is 6.07 Å². The first-order chi connectivity index (χ1) is 13.7. The number of pyridine rings is 1. The molecule has 1 aliphatic heterocycles. The van der Waals surface area contributed by atoms with E-state index in [2.05, 4.69) is 37.6 Å². The highest BCUT2D eigenvalue weighted by Crippen LogP contribution is 2.24. The lowest BCUT2D eigenvalue weighted by molar-refractivity contribution is 0.390. The maximum atomic E-state index is 5.44. The van der Waals surface area contributed by atoms with Crippen molar-refractivity contribution < 1.29 is 9.47 Å². The lowest BCUT2D eigenvalue weighted by Gasteiger charge is -2.17. The first-order valence-electron chi connectivity index (χ1n) is 9.59. The minimum atomic E-state index is 0. The van der Waals surface area contributed by atoms with Gasteiger partial charge in [0.05, 0.1) is 14.2 Å². The molecule has 0 spiro atoms. The highest BCUT2D eigenvalue weighted by molar-refractivity contribution is 14.0. The number of nitrogens with one attached hydrogen (secondary N) is 2. The van der Waals surface area contributed by atoms with Crippen molar-refractivity contribution in [1.82, 2.24) is 15.6 Å². The molecule has 2 N–H and O–H groups in total. The third-order valence-electron chi connectivity index (χ3n) is 4.86. The first-order valence-corrected chi connectivity index (χ1v) is 9.59. The van der Waals surface area contributed by atoms with Crippen LogP contribution in [0.15, 0.2) is 41.5 Å². The zero-order valence-corrected chi connectivity index (χ0v) is 19.6. The van der Waals surface area contributed by atoms with Gasteiger partial charge in [-0.15, -0.1) is 24.0 Å². The van der Waals surface area contributed by atoms with Crippen molar-refractivity contribution in [3.8, 4) is 11.5 Å². The fraction of sp³-hybridized carbons (Fsp3) is 0.429. The molecule has 158 valence electrons. The second-order valence-electron chi connectivity index (χ2n) is 6.68. The third kappa shape index (κ3) is 6.38. The van der Waals surface area contributed by atoms with E-state index in [9.17, 15) is 0 Å². The van der Waals surface area contributed by atoms with Crippen LogP contribution < -0.4 is 25.0 Å². The van der Waals surface area contributed by atoms with Crippen LogP contribution in [0, 0.1) is 0 Å². The largest absolute Gasteiger partial charge is 0.497 e. The highest BCUT2D eigenvalue weighted by atomic mass is 127. The fourth-order valence-electron chi connectivity index (χ4n) is 3.24. The summed E-state index contributed by atoms with van der Waals surface area (Å²) in [7, 11) is 5.06. The summed E-state index contributed by atoms with van der Waals surface area (Å²) >= 11 is 0. The van der Waals surface area contributed by atoms with Gasteiger partial charge in [-0.2, -0.15) is 0 Å². The van der Waals surface area contributed by atoms with Gasteiger partial charge >= 0.3 is 0 Å². The van der Waals surface area contributed by atoms with Crippen LogP contribution in [0.25, 0.3) is 0 Å². The molecule has 1 aromatic carbocycles. The topological polar surface area (TPSA) is 71.0 Å². The molecule has 2 aromatic rings. The smallest absolute Gasteiger partial charge is 0.191 e. The molecule has 3 rings (SSSR count). The van der Waals surface area contributed by atoms with E-state index >= 15 is 0 Å². The lowest BCUT2D eigenvalue weighted by atomic mass is 10.2. The monoisotopic (exact) mass is 511 g/mol. The Kier molecular flexibility index (Phi) is 9.30. The average Bonchev–Trinajstić information content (AvgIpc) is 3.29. The standard InChI is InChI=1S/C21H29N5O2.HI/c1-22-21(25-15-17-7-8-18(27-2)12-19(17)28-3)24-14-16-6-9-20(23-13-16)26-10-4-5-11-26;/h6-9,12-13H,4-5,10-11,14-15H2,1-3H3,(H2,22,24,25);1H. The Balaban J connectivity index is 0.00000300. The number of nitrogens with zero attached hydrogens (tertiary/aromatic N) is 3. The van der Waals surface area contributed by atoms with Gasteiger partial charge in [-0.3, -0.25) is 4.99 Å². The van der Waals surface area contributed by atoms with Crippen LogP contribution in [0.5, 0.6) is 11.5 Å². The van der Waals surface area contributed by atoms with Gasteiger partial charge in [-0.05, 0) is 36.6 Å². The van der Waals surface area contributed by atoms with E-state index in [1.165, 1.54) is 12.8 Å². The molecule has 1 aromatic heterocycles. The quantitative estimate of drug-likeness (QED) is 0.338. The molecule has 0 radical (unpaired) electrons. The van der Waals surface area contributed by atoms with Crippen LogP contribution >= 0.6 is 24.0 Å². The van der Waals surface area contributed by atoms with Gasteiger partial charge in [0.25, 0.3) is 0 Å². The summed E-state index contributed by atoms with van der Waals surface area (Å²) in [6.45, 7) is 3.47. The number of ether oxygens (including phenoxy) is 2. The predicted molar refractivity (Wildman–Crippen MR) is 128 cm³/mol. The number of hydrogen-bond acceptors (Lipinski definition) is 5. The molecule has 2 heterocycles. The van der Waals surface area contributed by atoms with Crippen LogP contribution in [0.2, 0.25) is 0 Å². The second-order valence-corrected chi connectivity index (χ2v) is 6.68. The first kappa shape index (κ1) is 23.1. The second kappa shape index (κ2) is 11.7. The average molecular weight is 511 g/mol. The maximum absolute atomic E-state index is 5.44. The van der Waals surface area contributed by atoms with E-state index in [1.54, 1.807) is 21.3 Å². The molecule has 1 fully saturated rings. The molecule has 29 heavy (non-hydrogen) atoms. The molecule has 0 aliphatic carbocycles. The molecule has 1 saturated heterocycles. The Hall–Kier alpha value is -2.23. The molecule has 0 amide bonds. The number of aromatic nitrogens is 1. The van der Waals surface area contributed by atoms with Crippen molar-refractivity contribution in [3.05, 3.63) is 47.7 Å². The summed E-state index contributed by atoms with van der Waals surface area (Å²) in [5.74, 6) is 3.34. The van der Waals surface area contributed by atoms with Crippen molar-refractivity contribution in [2.24, 2.45) is 4.99 Å². The van der Waals surface area contributed by atoms with Crippen molar-refractivity contribution in [2.75, 3.05) is 39.3 Å². The summed E-state index contributed by atoms with van der Waals surface area (Å²) in [5.41, 5.74) is 2.15. The minimum absolute atomic E-state index is 0. The van der Waals surface area contributed by atoms with Gasteiger partial charge < -0.3 is 25.0 Å². The zero-order chi connectivity index (χ0) is 19.8. The Bertz CT molecular complexity index is 792. The van der Waals surface area contributed by atoms with Gasteiger partial charge in [0.1, 0.15) is 17.3 Å². The number of halogens is 1. The van der Waals surface area contributed by atoms with Gasteiger partial charge in [0.2, 0.25) is 0 Å². The molecule has 0 unspecified atom stereocenters. The van der Waals surface area contributed by atoms with Crippen molar-refractivity contribution in [1.29, 1.82) is 0 Å². The summed E-state index contributed by atoms with van der Waals surface area (Å²) < 4.78 is 10.7. The summed E-state index contributed by atoms with van der Waals surface area (Å²) in [6.07, 6.45) is 4.44. The number of benzene rings is 1. The summed E-state index contributed by atoms with van der Waals surface area (Å²) in [6, 6.07) is 10.00. The molecule has 0 saturated carbocycles. The van der Waals surface area contributed by atoms with E-state index in [-0.39, 0.29) is 24.0 Å². The van der Waals surface area contributed by atoms with Gasteiger partial charge in [-0.25, -0.2) is 4.98 Å². The van der Waals surface area contributed by atoms with E-state index in [0.717, 1.165) is 47.5 Å². The Morgan fingerprint density at radius 1 is 1.07 bits per heavy atom. The van der Waals surface area contributed by atoms with E-state index in [1.807, 2.05) is 24.4 Å². The molecule has 0 bridgehead atoms. The molecule has 7 nitrogen and oxygen atoms in total. The summed E-state index contributed by atoms with van der Waals surface area (Å²) in [5, 5.41) is 6.64. The number of hydrogen-bond donors (Lipinski definition) is 2. The van der Waals surface area contributed by atoms with Crippen LogP contribution in [-0.2, 0) is 13.1 Å². The lowest BCUT2D eigenvalue weighted by Crippen LogP contribution is -2.36. The summed E-state index contributed by atoms with van der Waals surface area (Å²) in [4.78, 5) is 11.2. The van der Waals surface area contributed by atoms with Crippen molar-refractivity contribution in [2.45, 2.75) is 25.9 Å². The Morgan fingerprint density at radius 3 is 2.45 bits per heavy atom. The molecular weight excluding hydrogens is 481 g/mol. The highest BCUT2D eigenvalue weighted by Gasteiger charge is 2.13. The number of anilines is 1. The molecular formula is C21H30IN5O2. The van der Waals surface area contributed by atoms with Crippen LogP contribution in [0.3, 0.4) is 0 Å². The Morgan fingerprint density at radius 2 is 1.83 bits per heavy atom. The Labute approximate surface area is 189 Å². The minimum Gasteiger partial charge on any atom is -0.497 e. The normalized spacial score (nSPS) is 13.6. The number of guanidine groups is 1. The number of methoxy groups -OCH3 is 2. The van der Waals surface area contributed by atoms with Crippen LogP contribution in [0.1, 0.15) is 24.0 Å². The van der Waals surface area contributed by atoms with E-state index < -0.39 is 0 Å². The third-order valence-corrected chi connectivity index (χ3v) is 4.86. The van der Waals surface area contributed by atoms with Crippen molar-refractivity contribution in [3.63, 3.8) is 0 Å². The molecule has 8 heteroatoms. The zero-order valence-electron chi connectivity index (χ0n) is 17.3.